The summed E-state index contributed by atoms with van der Waals surface area (Å²) in [7, 11) is 0. The topological polar surface area (TPSA) is 29.1 Å². The number of hydrogen-bond acceptors (Lipinski definition) is 1. The SMILES string of the molecule is O=C(NCC1CCC(Cl)CC1)c1cc(Cl)ccc1Br. The fraction of sp³-hybridized carbons (Fsp3) is 0.500. The molecule has 1 aromatic rings. The summed E-state index contributed by atoms with van der Waals surface area (Å²) in [5.74, 6) is 0.458. The molecule has 104 valence electrons. The minimum Gasteiger partial charge on any atom is -0.352 e. The lowest BCUT2D eigenvalue weighted by molar-refractivity contribution is 0.0943. The van der Waals surface area contributed by atoms with Gasteiger partial charge in [0, 0.05) is 21.4 Å². The van der Waals surface area contributed by atoms with Crippen LogP contribution in [0.1, 0.15) is 36.0 Å². The second-order valence-electron chi connectivity index (χ2n) is 4.95. The molecular formula is C14H16BrCl2NO. The number of halogens is 3. The number of alkyl halides is 1. The van der Waals surface area contributed by atoms with Gasteiger partial charge in [0.05, 0.1) is 5.56 Å². The van der Waals surface area contributed by atoms with Gasteiger partial charge in [-0.2, -0.15) is 0 Å². The third kappa shape index (κ3) is 4.37. The number of benzene rings is 1. The summed E-state index contributed by atoms with van der Waals surface area (Å²) >= 11 is 15.3. The highest BCUT2D eigenvalue weighted by Crippen LogP contribution is 2.27. The molecule has 5 heteroatoms. The highest BCUT2D eigenvalue weighted by atomic mass is 79.9. The molecule has 0 atom stereocenters. The number of amides is 1. The van der Waals surface area contributed by atoms with E-state index in [1.807, 2.05) is 0 Å². The highest BCUT2D eigenvalue weighted by molar-refractivity contribution is 9.10. The van der Waals surface area contributed by atoms with Crippen LogP contribution in [0.3, 0.4) is 0 Å². The zero-order valence-electron chi connectivity index (χ0n) is 10.5. The molecule has 1 amide bonds. The molecule has 0 spiro atoms. The van der Waals surface area contributed by atoms with E-state index in [-0.39, 0.29) is 5.91 Å². The first-order chi connectivity index (χ1) is 9.06. The lowest BCUT2D eigenvalue weighted by Crippen LogP contribution is -2.31. The van der Waals surface area contributed by atoms with Crippen LogP contribution >= 0.6 is 39.1 Å². The molecule has 0 unspecified atom stereocenters. The molecule has 0 bridgehead atoms. The van der Waals surface area contributed by atoms with Gasteiger partial charge >= 0.3 is 0 Å². The predicted molar refractivity (Wildman–Crippen MR) is 83.1 cm³/mol. The Labute approximate surface area is 132 Å². The van der Waals surface area contributed by atoms with Gasteiger partial charge in [-0.1, -0.05) is 11.6 Å². The summed E-state index contributed by atoms with van der Waals surface area (Å²) in [5, 5.41) is 3.86. The van der Waals surface area contributed by atoms with E-state index < -0.39 is 0 Å². The normalized spacial score (nSPS) is 23.1. The summed E-state index contributed by atoms with van der Waals surface area (Å²) in [6.07, 6.45) is 4.27. The number of carbonyl (C=O) groups excluding carboxylic acids is 1. The van der Waals surface area contributed by atoms with Crippen molar-refractivity contribution >= 4 is 45.0 Å². The van der Waals surface area contributed by atoms with E-state index in [9.17, 15) is 4.79 Å². The van der Waals surface area contributed by atoms with Gasteiger partial charge in [-0.15, -0.1) is 11.6 Å². The Morgan fingerprint density at radius 3 is 2.68 bits per heavy atom. The van der Waals surface area contributed by atoms with Crippen LogP contribution in [0.5, 0.6) is 0 Å². The molecule has 19 heavy (non-hydrogen) atoms. The summed E-state index contributed by atoms with van der Waals surface area (Å²) in [4.78, 5) is 12.1. The molecular weight excluding hydrogens is 349 g/mol. The molecule has 0 aliphatic heterocycles. The molecule has 0 radical (unpaired) electrons. The Kier molecular flexibility index (Phi) is 5.55. The molecule has 1 fully saturated rings. The monoisotopic (exact) mass is 363 g/mol. The van der Waals surface area contributed by atoms with E-state index in [1.165, 1.54) is 0 Å². The minimum atomic E-state index is -0.0811. The van der Waals surface area contributed by atoms with Crippen molar-refractivity contribution in [1.82, 2.24) is 5.32 Å². The van der Waals surface area contributed by atoms with Crippen molar-refractivity contribution in [2.75, 3.05) is 6.54 Å². The van der Waals surface area contributed by atoms with E-state index in [4.69, 9.17) is 23.2 Å². The van der Waals surface area contributed by atoms with Gasteiger partial charge in [0.15, 0.2) is 0 Å². The predicted octanol–water partition coefficient (Wildman–Crippen LogP) is 4.63. The van der Waals surface area contributed by atoms with Gasteiger partial charge in [0.1, 0.15) is 0 Å². The Hall–Kier alpha value is -0.250. The standard InChI is InChI=1S/C14H16BrCl2NO/c15-13-6-5-11(17)7-12(13)14(19)18-8-9-1-3-10(16)4-2-9/h5-7,9-10H,1-4,8H2,(H,18,19). The second-order valence-corrected chi connectivity index (χ2v) is 6.86. The number of hydrogen-bond donors (Lipinski definition) is 1. The van der Waals surface area contributed by atoms with E-state index in [0.717, 1.165) is 30.2 Å². The van der Waals surface area contributed by atoms with Gasteiger partial charge < -0.3 is 5.32 Å². The maximum atomic E-state index is 12.1. The van der Waals surface area contributed by atoms with Crippen LogP contribution in [0.4, 0.5) is 0 Å². The van der Waals surface area contributed by atoms with Crippen LogP contribution in [0, 0.1) is 5.92 Å². The molecule has 0 heterocycles. The smallest absolute Gasteiger partial charge is 0.252 e. The third-order valence-electron chi connectivity index (χ3n) is 3.50. The Bertz CT molecular complexity index is 459. The van der Waals surface area contributed by atoms with Crippen LogP contribution in [0.15, 0.2) is 22.7 Å². The first-order valence-electron chi connectivity index (χ1n) is 6.43. The van der Waals surface area contributed by atoms with Crippen molar-refractivity contribution in [3.8, 4) is 0 Å². The first-order valence-corrected chi connectivity index (χ1v) is 8.04. The van der Waals surface area contributed by atoms with Crippen molar-refractivity contribution in [3.63, 3.8) is 0 Å². The average Bonchev–Trinajstić information content (AvgIpc) is 2.40. The number of carbonyl (C=O) groups is 1. The second kappa shape index (κ2) is 6.96. The van der Waals surface area contributed by atoms with E-state index in [1.54, 1.807) is 18.2 Å². The summed E-state index contributed by atoms with van der Waals surface area (Å²) < 4.78 is 0.763. The van der Waals surface area contributed by atoms with Crippen LogP contribution < -0.4 is 5.32 Å². The largest absolute Gasteiger partial charge is 0.352 e. The molecule has 2 nitrogen and oxygen atoms in total. The molecule has 1 N–H and O–H groups in total. The van der Waals surface area contributed by atoms with Crippen molar-refractivity contribution in [1.29, 1.82) is 0 Å². The van der Waals surface area contributed by atoms with Crippen molar-refractivity contribution in [2.45, 2.75) is 31.1 Å². The van der Waals surface area contributed by atoms with Crippen LogP contribution in [0.25, 0.3) is 0 Å². The Morgan fingerprint density at radius 1 is 1.32 bits per heavy atom. The van der Waals surface area contributed by atoms with Crippen molar-refractivity contribution in [2.24, 2.45) is 5.92 Å². The van der Waals surface area contributed by atoms with Crippen LogP contribution in [-0.2, 0) is 0 Å². The fourth-order valence-corrected chi connectivity index (χ4v) is 3.18. The fourth-order valence-electron chi connectivity index (χ4n) is 2.33. The lowest BCUT2D eigenvalue weighted by Gasteiger charge is -2.25. The van der Waals surface area contributed by atoms with Crippen LogP contribution in [0.2, 0.25) is 5.02 Å². The van der Waals surface area contributed by atoms with E-state index in [2.05, 4.69) is 21.2 Å². The molecule has 1 aliphatic rings. The van der Waals surface area contributed by atoms with E-state index >= 15 is 0 Å². The molecule has 1 aromatic carbocycles. The maximum Gasteiger partial charge on any atom is 0.252 e. The highest BCUT2D eigenvalue weighted by Gasteiger charge is 2.20. The molecule has 1 aliphatic carbocycles. The Morgan fingerprint density at radius 2 is 2.00 bits per heavy atom. The zero-order chi connectivity index (χ0) is 13.8. The average molecular weight is 365 g/mol. The molecule has 2 rings (SSSR count). The first kappa shape index (κ1) is 15.1. The van der Waals surface area contributed by atoms with Gasteiger partial charge in [0.25, 0.3) is 5.91 Å². The molecule has 0 aromatic heterocycles. The van der Waals surface area contributed by atoms with Crippen LogP contribution in [-0.4, -0.2) is 17.8 Å². The summed E-state index contributed by atoms with van der Waals surface area (Å²) in [6.45, 7) is 0.710. The lowest BCUT2D eigenvalue weighted by atomic mass is 9.89. The van der Waals surface area contributed by atoms with Gasteiger partial charge in [-0.3, -0.25) is 4.79 Å². The molecule has 1 saturated carbocycles. The minimum absolute atomic E-state index is 0.0811. The maximum absolute atomic E-state index is 12.1. The summed E-state index contributed by atoms with van der Waals surface area (Å²) in [5.41, 5.74) is 0.582. The van der Waals surface area contributed by atoms with Gasteiger partial charge in [0.2, 0.25) is 0 Å². The zero-order valence-corrected chi connectivity index (χ0v) is 13.6. The number of rotatable bonds is 3. The van der Waals surface area contributed by atoms with Gasteiger partial charge in [-0.25, -0.2) is 0 Å². The summed E-state index contributed by atoms with van der Waals surface area (Å²) in [6, 6.07) is 5.22. The quantitative estimate of drug-likeness (QED) is 0.778. The Balaban J connectivity index is 1.89. The number of nitrogens with one attached hydrogen (secondary N) is 1. The third-order valence-corrected chi connectivity index (χ3v) is 4.86. The van der Waals surface area contributed by atoms with Crippen molar-refractivity contribution < 1.29 is 4.79 Å². The molecule has 0 saturated heterocycles. The van der Waals surface area contributed by atoms with Crippen molar-refractivity contribution in [3.05, 3.63) is 33.3 Å². The van der Waals surface area contributed by atoms with E-state index in [0.29, 0.717) is 28.4 Å². The van der Waals surface area contributed by atoms with Gasteiger partial charge in [-0.05, 0) is 65.7 Å².